The van der Waals surface area contributed by atoms with Crippen molar-refractivity contribution in [3.63, 3.8) is 0 Å². The standard InChI is InChI=1S/C24H24N8O2/c1-14-25-23-26-18-11-12-31(24-27-21(28-29-24)15-7-4-3-5-8-15)22(33)19(18)20(32(23)30-14)16-9-6-10-17(13-16)34-2/h6,9-13,15H,3-5,7-8H2,1-2H3,(H,27,28,29)/p+1. The molecule has 0 bridgehead atoms. The van der Waals surface area contributed by atoms with Crippen LogP contribution in [0.4, 0.5) is 0 Å². The number of rotatable bonds is 4. The van der Waals surface area contributed by atoms with Crippen molar-refractivity contribution in [1.82, 2.24) is 34.8 Å². The average molecular weight is 458 g/mol. The van der Waals surface area contributed by atoms with E-state index in [1.165, 1.54) is 23.8 Å². The fraction of sp³-hybridized carbons (Fsp3) is 0.333. The van der Waals surface area contributed by atoms with Gasteiger partial charge in [0.2, 0.25) is 5.82 Å². The number of aromatic nitrogens is 8. The second kappa shape index (κ2) is 8.05. The van der Waals surface area contributed by atoms with Crippen molar-refractivity contribution in [2.75, 3.05) is 7.11 Å². The number of methoxy groups -OCH3 is 1. The smallest absolute Gasteiger partial charge is 0.458 e. The van der Waals surface area contributed by atoms with E-state index in [4.69, 9.17) is 9.72 Å². The van der Waals surface area contributed by atoms with Crippen molar-refractivity contribution >= 4 is 16.7 Å². The third kappa shape index (κ3) is 3.33. The zero-order valence-electron chi connectivity index (χ0n) is 19.1. The minimum atomic E-state index is -0.251. The van der Waals surface area contributed by atoms with Gasteiger partial charge in [0.05, 0.1) is 7.11 Å². The number of fused-ring (bicyclic) bond motifs is 2. The first-order chi connectivity index (χ1) is 16.6. The first-order valence-corrected chi connectivity index (χ1v) is 11.5. The van der Waals surface area contributed by atoms with Crippen LogP contribution in [-0.2, 0) is 0 Å². The third-order valence-corrected chi connectivity index (χ3v) is 6.53. The largest absolute Gasteiger partial charge is 0.497 e. The molecule has 1 saturated carbocycles. The van der Waals surface area contributed by atoms with Gasteiger partial charge in [-0.15, -0.1) is 9.61 Å². The summed E-state index contributed by atoms with van der Waals surface area (Å²) in [6.07, 6.45) is 7.53. The van der Waals surface area contributed by atoms with E-state index in [1.54, 1.807) is 23.9 Å². The van der Waals surface area contributed by atoms with Crippen molar-refractivity contribution < 1.29 is 9.25 Å². The summed E-state index contributed by atoms with van der Waals surface area (Å²) in [6.45, 7) is 1.85. The molecule has 0 amide bonds. The summed E-state index contributed by atoms with van der Waals surface area (Å²) in [7, 11) is 1.62. The molecule has 0 atom stereocenters. The molecule has 0 aliphatic heterocycles. The molecule has 1 aliphatic rings. The van der Waals surface area contributed by atoms with Gasteiger partial charge in [-0.1, -0.05) is 41.4 Å². The lowest BCUT2D eigenvalue weighted by Crippen LogP contribution is -2.31. The van der Waals surface area contributed by atoms with Gasteiger partial charge in [-0.25, -0.2) is 9.67 Å². The second-order valence-electron chi connectivity index (χ2n) is 8.74. The number of nitrogens with zero attached hydrogens (tertiary/aromatic N) is 6. The highest BCUT2D eigenvalue weighted by atomic mass is 16.5. The van der Waals surface area contributed by atoms with Gasteiger partial charge in [-0.05, 0) is 31.0 Å². The van der Waals surface area contributed by atoms with E-state index in [0.29, 0.717) is 45.8 Å². The van der Waals surface area contributed by atoms with Crippen LogP contribution in [0.3, 0.4) is 0 Å². The van der Waals surface area contributed by atoms with Crippen LogP contribution < -0.4 is 14.8 Å². The van der Waals surface area contributed by atoms with E-state index in [-0.39, 0.29) is 5.56 Å². The number of nitrogens with one attached hydrogen (secondary N) is 2. The van der Waals surface area contributed by atoms with Crippen LogP contribution in [0.25, 0.3) is 33.9 Å². The molecule has 0 spiro atoms. The Morgan fingerprint density at radius 2 is 1.97 bits per heavy atom. The van der Waals surface area contributed by atoms with Gasteiger partial charge in [-0.3, -0.25) is 9.89 Å². The maximum atomic E-state index is 13.9. The highest BCUT2D eigenvalue weighted by Crippen LogP contribution is 2.31. The number of benzene rings is 1. The van der Waals surface area contributed by atoms with E-state index in [0.717, 1.165) is 24.2 Å². The Hall–Kier alpha value is -4.08. The van der Waals surface area contributed by atoms with Gasteiger partial charge >= 0.3 is 5.78 Å². The molecule has 10 heteroatoms. The van der Waals surface area contributed by atoms with Gasteiger partial charge in [0, 0.05) is 24.6 Å². The third-order valence-electron chi connectivity index (χ3n) is 6.53. The molecule has 4 heterocycles. The van der Waals surface area contributed by atoms with Crippen LogP contribution in [0, 0.1) is 6.92 Å². The summed E-state index contributed by atoms with van der Waals surface area (Å²) in [5.74, 6) is 3.42. The summed E-state index contributed by atoms with van der Waals surface area (Å²) in [5.41, 5.74) is 1.76. The van der Waals surface area contributed by atoms with Gasteiger partial charge < -0.3 is 4.74 Å². The number of hydrogen-bond acceptors (Lipinski definition) is 6. The first-order valence-electron chi connectivity index (χ1n) is 11.5. The van der Waals surface area contributed by atoms with E-state index in [2.05, 4.69) is 25.3 Å². The van der Waals surface area contributed by atoms with Gasteiger partial charge in [0.25, 0.3) is 11.5 Å². The highest BCUT2D eigenvalue weighted by Gasteiger charge is 2.26. The Bertz CT molecular complexity index is 1580. The Kier molecular flexibility index (Phi) is 4.86. The van der Waals surface area contributed by atoms with Crippen molar-refractivity contribution in [3.05, 3.63) is 58.5 Å². The molecular formula is C24H25N8O2+. The molecule has 34 heavy (non-hydrogen) atoms. The molecule has 2 N–H and O–H groups in total. The van der Waals surface area contributed by atoms with Gasteiger partial charge in [0.1, 0.15) is 17.0 Å². The SMILES string of the molecule is COc1cccc(-c2c3c(=O)n(-c4n[nH]c(C5CCCCC5)n4)ccc3nc3nc(C)[nH][n+]23)c1. The average Bonchev–Trinajstić information content (AvgIpc) is 3.50. The van der Waals surface area contributed by atoms with Gasteiger partial charge in [0.15, 0.2) is 11.2 Å². The second-order valence-corrected chi connectivity index (χ2v) is 8.74. The Labute approximate surface area is 194 Å². The van der Waals surface area contributed by atoms with Gasteiger partial charge in [-0.2, -0.15) is 4.98 Å². The maximum Gasteiger partial charge on any atom is 0.458 e. The molecule has 4 aromatic heterocycles. The van der Waals surface area contributed by atoms with Crippen molar-refractivity contribution in [1.29, 1.82) is 0 Å². The summed E-state index contributed by atoms with van der Waals surface area (Å²) in [6, 6.07) is 9.39. The minimum absolute atomic E-state index is 0.251. The summed E-state index contributed by atoms with van der Waals surface area (Å²) in [4.78, 5) is 27.7. The predicted molar refractivity (Wildman–Crippen MR) is 125 cm³/mol. The van der Waals surface area contributed by atoms with Crippen LogP contribution >= 0.6 is 0 Å². The van der Waals surface area contributed by atoms with Crippen molar-refractivity contribution in [2.45, 2.75) is 44.9 Å². The Morgan fingerprint density at radius 1 is 1.12 bits per heavy atom. The lowest BCUT2D eigenvalue weighted by atomic mass is 9.89. The number of ether oxygens (including phenoxy) is 1. The fourth-order valence-corrected chi connectivity index (χ4v) is 4.86. The van der Waals surface area contributed by atoms with Crippen molar-refractivity contribution in [3.8, 4) is 23.0 Å². The highest BCUT2D eigenvalue weighted by molar-refractivity contribution is 5.91. The molecule has 6 rings (SSSR count). The van der Waals surface area contributed by atoms with E-state index in [1.807, 2.05) is 31.2 Å². The molecule has 172 valence electrons. The zero-order valence-corrected chi connectivity index (χ0v) is 19.1. The van der Waals surface area contributed by atoms with E-state index >= 15 is 0 Å². The Balaban J connectivity index is 1.58. The summed E-state index contributed by atoms with van der Waals surface area (Å²) in [5, 5.41) is 11.1. The number of aryl methyl sites for hydroxylation is 1. The molecular weight excluding hydrogens is 432 g/mol. The minimum Gasteiger partial charge on any atom is -0.497 e. The van der Waals surface area contributed by atoms with Crippen LogP contribution in [0.1, 0.15) is 49.7 Å². The van der Waals surface area contributed by atoms with Crippen molar-refractivity contribution in [2.24, 2.45) is 0 Å². The number of hydrogen-bond donors (Lipinski definition) is 2. The van der Waals surface area contributed by atoms with E-state index in [9.17, 15) is 4.79 Å². The molecule has 0 saturated heterocycles. The lowest BCUT2D eigenvalue weighted by Gasteiger charge is -2.18. The van der Waals surface area contributed by atoms with Crippen LogP contribution in [-0.4, -0.2) is 41.9 Å². The predicted octanol–water partition coefficient (Wildman–Crippen LogP) is 3.00. The molecule has 0 radical (unpaired) electrons. The fourth-order valence-electron chi connectivity index (χ4n) is 4.86. The molecule has 1 aliphatic carbocycles. The first kappa shape index (κ1) is 20.5. The topological polar surface area (TPSA) is 118 Å². The van der Waals surface area contributed by atoms with E-state index < -0.39 is 0 Å². The summed E-state index contributed by atoms with van der Waals surface area (Å²) >= 11 is 0. The molecule has 1 aromatic carbocycles. The molecule has 5 aromatic rings. The lowest BCUT2D eigenvalue weighted by molar-refractivity contribution is -0.567. The summed E-state index contributed by atoms with van der Waals surface area (Å²) < 4.78 is 8.65. The van der Waals surface area contributed by atoms with Crippen LogP contribution in [0.15, 0.2) is 41.3 Å². The van der Waals surface area contributed by atoms with Crippen LogP contribution in [0.5, 0.6) is 5.75 Å². The number of aromatic amines is 2. The normalized spacial score (nSPS) is 14.8. The Morgan fingerprint density at radius 3 is 2.79 bits per heavy atom. The maximum absolute atomic E-state index is 13.9. The number of H-pyrrole nitrogens is 2. The van der Waals surface area contributed by atoms with Crippen LogP contribution in [0.2, 0.25) is 0 Å². The molecule has 1 fully saturated rings. The quantitative estimate of drug-likeness (QED) is 0.401. The molecule has 10 nitrogen and oxygen atoms in total. The molecule has 0 unspecified atom stereocenters. The monoisotopic (exact) mass is 457 g/mol. The zero-order chi connectivity index (χ0) is 23.2. The number of pyridine rings is 1.